The second kappa shape index (κ2) is 9.32. The van der Waals surface area contributed by atoms with Gasteiger partial charge in [-0.2, -0.15) is 0 Å². The molecule has 1 unspecified atom stereocenters. The van der Waals surface area contributed by atoms with Crippen LogP contribution in [0.15, 0.2) is 59.4 Å². The number of anilines is 1. The molecule has 3 N–H and O–H groups in total. The molecule has 1 aliphatic rings. The van der Waals surface area contributed by atoms with Crippen LogP contribution in [0, 0.1) is 6.92 Å². The van der Waals surface area contributed by atoms with Crippen LogP contribution in [-0.4, -0.2) is 26.5 Å². The SMILES string of the molecule is Cc1c(NC(=O)c2cc3c(s2)CCCC3)cccc1-c1ccc2c(=O)[nH]c3cc(CC(C)O)ccc3n12. The molecule has 0 spiro atoms. The quantitative estimate of drug-likeness (QED) is 0.276. The summed E-state index contributed by atoms with van der Waals surface area (Å²) in [4.78, 5) is 31.2. The maximum atomic E-state index is 13.2. The second-order valence-corrected chi connectivity index (χ2v) is 11.1. The lowest BCUT2D eigenvalue weighted by molar-refractivity contribution is 0.103. The fourth-order valence-corrected chi connectivity index (χ4v) is 6.60. The highest BCUT2D eigenvalue weighted by atomic mass is 32.1. The highest BCUT2D eigenvalue weighted by Gasteiger charge is 2.19. The van der Waals surface area contributed by atoms with Gasteiger partial charge in [0, 0.05) is 16.1 Å². The lowest BCUT2D eigenvalue weighted by atomic mass is 9.99. The smallest absolute Gasteiger partial charge is 0.272 e. The molecule has 6 nitrogen and oxygen atoms in total. The number of aromatic nitrogens is 2. The van der Waals surface area contributed by atoms with Crippen LogP contribution in [0.5, 0.6) is 0 Å². The van der Waals surface area contributed by atoms with Gasteiger partial charge >= 0.3 is 0 Å². The maximum absolute atomic E-state index is 13.2. The molecule has 0 saturated heterocycles. The molecule has 37 heavy (non-hydrogen) atoms. The molecule has 0 bridgehead atoms. The fourth-order valence-electron chi connectivity index (χ4n) is 5.45. The molecular formula is C30H29N3O3S. The van der Waals surface area contributed by atoms with Crippen molar-refractivity contribution >= 4 is 39.5 Å². The Balaban J connectivity index is 1.40. The van der Waals surface area contributed by atoms with Gasteiger partial charge in [0.1, 0.15) is 5.52 Å². The van der Waals surface area contributed by atoms with E-state index < -0.39 is 6.10 Å². The normalized spacial score (nSPS) is 14.1. The number of aryl methyl sites for hydroxylation is 2. The van der Waals surface area contributed by atoms with Gasteiger partial charge in [-0.25, -0.2) is 0 Å². The molecular weight excluding hydrogens is 482 g/mol. The van der Waals surface area contributed by atoms with Crippen molar-refractivity contribution in [1.82, 2.24) is 9.38 Å². The van der Waals surface area contributed by atoms with Crippen LogP contribution in [0.2, 0.25) is 0 Å². The first-order valence-electron chi connectivity index (χ1n) is 12.8. The summed E-state index contributed by atoms with van der Waals surface area (Å²) in [5, 5.41) is 12.9. The van der Waals surface area contributed by atoms with Crippen molar-refractivity contribution in [3.05, 3.63) is 91.4 Å². The van der Waals surface area contributed by atoms with Crippen LogP contribution in [0.25, 0.3) is 27.8 Å². The number of aliphatic hydroxyl groups excluding tert-OH is 1. The number of carbonyl (C=O) groups excluding carboxylic acids is 1. The Bertz CT molecular complexity index is 1700. The summed E-state index contributed by atoms with van der Waals surface area (Å²) in [7, 11) is 0. The lowest BCUT2D eigenvalue weighted by Crippen LogP contribution is -2.12. The van der Waals surface area contributed by atoms with E-state index in [0.717, 1.165) is 56.8 Å². The van der Waals surface area contributed by atoms with Crippen molar-refractivity contribution in [3.63, 3.8) is 0 Å². The number of benzene rings is 2. The minimum Gasteiger partial charge on any atom is -0.393 e. The van der Waals surface area contributed by atoms with Crippen LogP contribution < -0.4 is 10.9 Å². The van der Waals surface area contributed by atoms with Crippen LogP contribution in [0.3, 0.4) is 0 Å². The first-order valence-corrected chi connectivity index (χ1v) is 13.6. The number of aliphatic hydroxyl groups is 1. The van der Waals surface area contributed by atoms with Crippen molar-refractivity contribution in [2.24, 2.45) is 0 Å². The lowest BCUT2D eigenvalue weighted by Gasteiger charge is -2.14. The summed E-state index contributed by atoms with van der Waals surface area (Å²) >= 11 is 1.61. The van der Waals surface area contributed by atoms with Gasteiger partial charge in [0.15, 0.2) is 0 Å². The number of hydrogen-bond acceptors (Lipinski definition) is 4. The van der Waals surface area contributed by atoms with Gasteiger partial charge in [-0.3, -0.25) is 9.59 Å². The van der Waals surface area contributed by atoms with E-state index in [1.54, 1.807) is 18.3 Å². The van der Waals surface area contributed by atoms with Gasteiger partial charge in [0.2, 0.25) is 0 Å². The second-order valence-electron chi connectivity index (χ2n) is 10.00. The third kappa shape index (κ3) is 4.28. The Hall–Kier alpha value is -3.68. The van der Waals surface area contributed by atoms with E-state index >= 15 is 0 Å². The third-order valence-corrected chi connectivity index (χ3v) is 8.51. The van der Waals surface area contributed by atoms with E-state index in [9.17, 15) is 14.7 Å². The van der Waals surface area contributed by atoms with Crippen molar-refractivity contribution in [1.29, 1.82) is 0 Å². The molecule has 0 saturated carbocycles. The van der Waals surface area contributed by atoms with Crippen molar-refractivity contribution in [2.45, 2.75) is 52.1 Å². The number of carbonyl (C=O) groups is 1. The average Bonchev–Trinajstić information content (AvgIpc) is 3.50. The molecule has 3 heterocycles. The Kier molecular flexibility index (Phi) is 5.97. The van der Waals surface area contributed by atoms with Gasteiger partial charge in [-0.05, 0) is 99.0 Å². The number of hydrogen-bond donors (Lipinski definition) is 3. The van der Waals surface area contributed by atoms with E-state index in [1.807, 2.05) is 59.9 Å². The number of amides is 1. The summed E-state index contributed by atoms with van der Waals surface area (Å²) in [5.41, 5.74) is 7.80. The number of nitrogens with one attached hydrogen (secondary N) is 2. The number of H-pyrrole nitrogens is 1. The molecule has 3 aromatic heterocycles. The molecule has 5 aromatic rings. The largest absolute Gasteiger partial charge is 0.393 e. The van der Waals surface area contributed by atoms with Crippen molar-refractivity contribution in [3.8, 4) is 11.3 Å². The molecule has 6 rings (SSSR count). The van der Waals surface area contributed by atoms with Crippen LogP contribution in [0.1, 0.15) is 51.0 Å². The number of rotatable bonds is 5. The van der Waals surface area contributed by atoms with Gasteiger partial charge in [-0.15, -0.1) is 11.3 Å². The Morgan fingerprint density at radius 3 is 2.73 bits per heavy atom. The summed E-state index contributed by atoms with van der Waals surface area (Å²) < 4.78 is 1.97. The van der Waals surface area contributed by atoms with Crippen LogP contribution in [0.4, 0.5) is 5.69 Å². The summed E-state index contributed by atoms with van der Waals surface area (Å²) in [6.45, 7) is 3.75. The summed E-state index contributed by atoms with van der Waals surface area (Å²) in [5.74, 6) is -0.0767. The van der Waals surface area contributed by atoms with Crippen molar-refractivity contribution in [2.75, 3.05) is 5.32 Å². The predicted octanol–water partition coefficient (Wildman–Crippen LogP) is 5.87. The predicted molar refractivity (Wildman–Crippen MR) is 150 cm³/mol. The topological polar surface area (TPSA) is 86.6 Å². The molecule has 2 aromatic carbocycles. The fraction of sp³-hybridized carbons (Fsp3) is 0.267. The summed E-state index contributed by atoms with van der Waals surface area (Å²) in [6.07, 6.45) is 4.56. The minimum atomic E-state index is -0.463. The van der Waals surface area contributed by atoms with Gasteiger partial charge < -0.3 is 19.8 Å². The highest BCUT2D eigenvalue weighted by Crippen LogP contribution is 2.33. The number of aromatic amines is 1. The van der Waals surface area contributed by atoms with E-state index in [4.69, 9.17) is 0 Å². The van der Waals surface area contributed by atoms with Gasteiger partial charge in [-0.1, -0.05) is 18.2 Å². The number of nitrogens with zero attached hydrogens (tertiary/aromatic N) is 1. The zero-order valence-electron chi connectivity index (χ0n) is 20.9. The Morgan fingerprint density at radius 1 is 1.11 bits per heavy atom. The molecule has 1 aliphatic carbocycles. The molecule has 188 valence electrons. The first-order chi connectivity index (χ1) is 17.9. The first kappa shape index (κ1) is 23.7. The minimum absolute atomic E-state index is 0.0767. The molecule has 7 heteroatoms. The Labute approximate surface area is 218 Å². The standard InChI is InChI=1S/C30H29N3O3S/c1-17(34)14-19-10-11-25-23(15-19)32-29(35)26-13-12-24(33(25)26)21-7-5-8-22(18(21)2)31-30(36)28-16-20-6-3-4-9-27(20)37-28/h5,7-8,10-13,15-17,34H,3-4,6,9,14H2,1-2H3,(H,31,36)(H,32,35). The van der Waals surface area contributed by atoms with Crippen LogP contribution in [-0.2, 0) is 19.3 Å². The monoisotopic (exact) mass is 511 g/mol. The molecule has 0 aliphatic heterocycles. The Morgan fingerprint density at radius 2 is 1.92 bits per heavy atom. The average molecular weight is 512 g/mol. The molecule has 1 atom stereocenters. The molecule has 1 amide bonds. The number of thiophene rings is 1. The van der Waals surface area contributed by atoms with Gasteiger partial charge in [0.25, 0.3) is 11.5 Å². The van der Waals surface area contributed by atoms with E-state index in [0.29, 0.717) is 11.9 Å². The maximum Gasteiger partial charge on any atom is 0.272 e. The summed E-state index contributed by atoms with van der Waals surface area (Å²) in [6, 6.07) is 17.6. The molecule has 0 radical (unpaired) electrons. The van der Waals surface area contributed by atoms with Crippen LogP contribution >= 0.6 is 11.3 Å². The molecule has 0 fully saturated rings. The van der Waals surface area contributed by atoms with Crippen molar-refractivity contribution < 1.29 is 9.90 Å². The van der Waals surface area contributed by atoms with E-state index in [-0.39, 0.29) is 11.5 Å². The van der Waals surface area contributed by atoms with E-state index in [1.165, 1.54) is 23.3 Å². The number of fused-ring (bicyclic) bond motifs is 4. The third-order valence-electron chi connectivity index (χ3n) is 7.27. The zero-order chi connectivity index (χ0) is 25.7. The van der Waals surface area contributed by atoms with E-state index in [2.05, 4.69) is 16.4 Å². The van der Waals surface area contributed by atoms with Gasteiger partial charge in [0.05, 0.1) is 27.7 Å². The zero-order valence-corrected chi connectivity index (χ0v) is 21.7. The highest BCUT2D eigenvalue weighted by molar-refractivity contribution is 7.14.